The second kappa shape index (κ2) is 6.24. The third-order valence-corrected chi connectivity index (χ3v) is 4.22. The van der Waals surface area contributed by atoms with Gasteiger partial charge in [0.1, 0.15) is 6.04 Å². The standard InChI is InChI=1S/C19H20N2O2/c1-3-14-7-6-9-16(11-14)20-19(23)18-12-15-8-4-5-10-17(15)21(18)13(2)22/h4-11,18H,3,12H2,1-2H3,(H,20,23). The Kier molecular flexibility index (Phi) is 4.15. The Balaban J connectivity index is 1.83. The van der Waals surface area contributed by atoms with Crippen molar-refractivity contribution in [1.29, 1.82) is 0 Å². The van der Waals surface area contributed by atoms with E-state index in [-0.39, 0.29) is 11.8 Å². The van der Waals surface area contributed by atoms with E-state index in [2.05, 4.69) is 12.2 Å². The molecule has 0 bridgehead atoms. The Hall–Kier alpha value is -2.62. The van der Waals surface area contributed by atoms with Crippen LogP contribution in [-0.2, 0) is 22.4 Å². The van der Waals surface area contributed by atoms with Gasteiger partial charge in [-0.3, -0.25) is 14.5 Å². The molecule has 1 aliphatic heterocycles. The molecule has 4 heteroatoms. The van der Waals surface area contributed by atoms with Crippen LogP contribution in [0, 0.1) is 0 Å². The SMILES string of the molecule is CCc1cccc(NC(=O)C2Cc3ccccc3N2C(C)=O)c1. The lowest BCUT2D eigenvalue weighted by Gasteiger charge is -2.23. The molecule has 1 heterocycles. The maximum atomic E-state index is 12.7. The van der Waals surface area contributed by atoms with Gasteiger partial charge in [-0.2, -0.15) is 0 Å². The molecule has 2 aromatic rings. The van der Waals surface area contributed by atoms with Crippen molar-refractivity contribution in [2.45, 2.75) is 32.7 Å². The molecule has 1 atom stereocenters. The van der Waals surface area contributed by atoms with E-state index in [4.69, 9.17) is 0 Å². The Morgan fingerprint density at radius 1 is 1.17 bits per heavy atom. The van der Waals surface area contributed by atoms with Crippen LogP contribution in [0.4, 0.5) is 11.4 Å². The van der Waals surface area contributed by atoms with Crippen molar-refractivity contribution in [3.8, 4) is 0 Å². The summed E-state index contributed by atoms with van der Waals surface area (Å²) in [6.45, 7) is 3.58. The first-order chi connectivity index (χ1) is 11.1. The number of hydrogen-bond acceptors (Lipinski definition) is 2. The number of anilines is 2. The monoisotopic (exact) mass is 308 g/mol. The van der Waals surface area contributed by atoms with Crippen molar-refractivity contribution in [3.05, 3.63) is 59.7 Å². The van der Waals surface area contributed by atoms with Gasteiger partial charge >= 0.3 is 0 Å². The fourth-order valence-electron chi connectivity index (χ4n) is 3.08. The Labute approximate surface area is 136 Å². The zero-order valence-electron chi connectivity index (χ0n) is 13.4. The summed E-state index contributed by atoms with van der Waals surface area (Å²) in [5, 5.41) is 2.95. The lowest BCUT2D eigenvalue weighted by molar-refractivity contribution is -0.122. The second-order valence-corrected chi connectivity index (χ2v) is 5.78. The van der Waals surface area contributed by atoms with Crippen molar-refractivity contribution < 1.29 is 9.59 Å². The van der Waals surface area contributed by atoms with Gasteiger partial charge < -0.3 is 5.32 Å². The van der Waals surface area contributed by atoms with Gasteiger partial charge in [0.15, 0.2) is 0 Å². The molecule has 3 rings (SSSR count). The Morgan fingerprint density at radius 3 is 2.70 bits per heavy atom. The number of benzene rings is 2. The summed E-state index contributed by atoms with van der Waals surface area (Å²) >= 11 is 0. The van der Waals surface area contributed by atoms with Crippen LogP contribution in [0.2, 0.25) is 0 Å². The Bertz CT molecular complexity index is 755. The van der Waals surface area contributed by atoms with E-state index in [1.54, 1.807) is 4.90 Å². The van der Waals surface area contributed by atoms with E-state index in [0.29, 0.717) is 6.42 Å². The van der Waals surface area contributed by atoms with E-state index >= 15 is 0 Å². The highest BCUT2D eigenvalue weighted by molar-refractivity contribution is 6.06. The van der Waals surface area contributed by atoms with E-state index in [0.717, 1.165) is 23.4 Å². The molecule has 2 aromatic carbocycles. The maximum absolute atomic E-state index is 12.7. The largest absolute Gasteiger partial charge is 0.324 e. The van der Waals surface area contributed by atoms with E-state index in [9.17, 15) is 9.59 Å². The van der Waals surface area contributed by atoms with Crippen LogP contribution in [0.1, 0.15) is 25.0 Å². The van der Waals surface area contributed by atoms with Gasteiger partial charge in [0, 0.05) is 24.7 Å². The predicted octanol–water partition coefficient (Wildman–Crippen LogP) is 3.17. The number of nitrogens with one attached hydrogen (secondary N) is 1. The number of amides is 2. The van der Waals surface area contributed by atoms with Gasteiger partial charge in [-0.05, 0) is 35.7 Å². The molecule has 0 radical (unpaired) electrons. The number of carbonyl (C=O) groups excluding carboxylic acids is 2. The molecule has 0 aromatic heterocycles. The summed E-state index contributed by atoms with van der Waals surface area (Å²) in [7, 11) is 0. The van der Waals surface area contributed by atoms with Crippen molar-refractivity contribution in [3.63, 3.8) is 0 Å². The molecule has 23 heavy (non-hydrogen) atoms. The number of carbonyl (C=O) groups is 2. The van der Waals surface area contributed by atoms with Gasteiger partial charge in [-0.25, -0.2) is 0 Å². The van der Waals surface area contributed by atoms with Crippen molar-refractivity contribution >= 4 is 23.2 Å². The lowest BCUT2D eigenvalue weighted by Crippen LogP contribution is -2.44. The fourth-order valence-corrected chi connectivity index (χ4v) is 3.08. The van der Waals surface area contributed by atoms with Gasteiger partial charge in [0.2, 0.25) is 11.8 Å². The van der Waals surface area contributed by atoms with Crippen LogP contribution in [0.3, 0.4) is 0 Å². The molecule has 1 aliphatic rings. The highest BCUT2D eigenvalue weighted by atomic mass is 16.2. The first-order valence-corrected chi connectivity index (χ1v) is 7.87. The zero-order valence-corrected chi connectivity index (χ0v) is 13.4. The molecule has 0 fully saturated rings. The molecule has 0 spiro atoms. The van der Waals surface area contributed by atoms with E-state index in [1.165, 1.54) is 12.5 Å². The molecule has 0 aliphatic carbocycles. The highest BCUT2D eigenvalue weighted by Crippen LogP contribution is 2.32. The third-order valence-electron chi connectivity index (χ3n) is 4.22. The summed E-state index contributed by atoms with van der Waals surface area (Å²) in [4.78, 5) is 26.3. The summed E-state index contributed by atoms with van der Waals surface area (Å²) in [5.41, 5.74) is 3.81. The molecule has 118 valence electrons. The van der Waals surface area contributed by atoms with Crippen molar-refractivity contribution in [2.24, 2.45) is 0 Å². The normalized spacial score (nSPS) is 16.1. The quantitative estimate of drug-likeness (QED) is 0.947. The molecular weight excluding hydrogens is 288 g/mol. The number of rotatable bonds is 3. The molecule has 1 unspecified atom stereocenters. The minimum Gasteiger partial charge on any atom is -0.324 e. The van der Waals surface area contributed by atoms with E-state index in [1.807, 2.05) is 48.5 Å². The first-order valence-electron chi connectivity index (χ1n) is 7.87. The van der Waals surface area contributed by atoms with Crippen LogP contribution in [0.5, 0.6) is 0 Å². The highest BCUT2D eigenvalue weighted by Gasteiger charge is 2.36. The third kappa shape index (κ3) is 2.97. The summed E-state index contributed by atoms with van der Waals surface area (Å²) in [6, 6.07) is 15.0. The van der Waals surface area contributed by atoms with Crippen molar-refractivity contribution in [1.82, 2.24) is 0 Å². The van der Waals surface area contributed by atoms with E-state index < -0.39 is 6.04 Å². The predicted molar refractivity (Wildman–Crippen MR) is 91.5 cm³/mol. The average Bonchev–Trinajstić information content (AvgIpc) is 2.95. The molecule has 1 N–H and O–H groups in total. The van der Waals surface area contributed by atoms with Gasteiger partial charge in [0.25, 0.3) is 0 Å². The molecule has 0 saturated carbocycles. The van der Waals surface area contributed by atoms with Gasteiger partial charge in [-0.15, -0.1) is 0 Å². The lowest BCUT2D eigenvalue weighted by atomic mass is 10.1. The number of nitrogens with zero attached hydrogens (tertiary/aromatic N) is 1. The second-order valence-electron chi connectivity index (χ2n) is 5.78. The number of fused-ring (bicyclic) bond motifs is 1. The molecular formula is C19H20N2O2. The smallest absolute Gasteiger partial charge is 0.247 e. The topological polar surface area (TPSA) is 49.4 Å². The zero-order chi connectivity index (χ0) is 16.4. The van der Waals surface area contributed by atoms with Crippen LogP contribution < -0.4 is 10.2 Å². The molecule has 0 saturated heterocycles. The summed E-state index contributed by atoms with van der Waals surface area (Å²) in [6.07, 6.45) is 1.47. The average molecular weight is 308 g/mol. The van der Waals surface area contributed by atoms with Crippen LogP contribution >= 0.6 is 0 Å². The maximum Gasteiger partial charge on any atom is 0.247 e. The number of aryl methyl sites for hydroxylation is 1. The Morgan fingerprint density at radius 2 is 1.96 bits per heavy atom. The van der Waals surface area contributed by atoms with Gasteiger partial charge in [-0.1, -0.05) is 37.3 Å². The van der Waals surface area contributed by atoms with Crippen molar-refractivity contribution in [2.75, 3.05) is 10.2 Å². The minimum atomic E-state index is -0.491. The molecule has 4 nitrogen and oxygen atoms in total. The number of hydrogen-bond donors (Lipinski definition) is 1. The summed E-state index contributed by atoms with van der Waals surface area (Å²) < 4.78 is 0. The van der Waals surface area contributed by atoms with Crippen LogP contribution in [0.15, 0.2) is 48.5 Å². The van der Waals surface area contributed by atoms with Crippen LogP contribution in [0.25, 0.3) is 0 Å². The van der Waals surface area contributed by atoms with Gasteiger partial charge in [0.05, 0.1) is 0 Å². The fraction of sp³-hybridized carbons (Fsp3) is 0.263. The summed E-state index contributed by atoms with van der Waals surface area (Å²) in [5.74, 6) is -0.262. The van der Waals surface area contributed by atoms with Crippen LogP contribution in [-0.4, -0.2) is 17.9 Å². The molecule has 2 amide bonds. The minimum absolute atomic E-state index is 0.114. The first kappa shape index (κ1) is 15.3. The number of para-hydroxylation sites is 1.